The van der Waals surface area contributed by atoms with Crippen LogP contribution in [0.25, 0.3) is 0 Å². The third kappa shape index (κ3) is 4.37. The zero-order chi connectivity index (χ0) is 18.4. The molecule has 0 spiro atoms. The van der Waals surface area contributed by atoms with E-state index in [0.29, 0.717) is 18.7 Å². The molecule has 0 unspecified atom stereocenters. The van der Waals surface area contributed by atoms with Crippen LogP contribution in [0.4, 0.5) is 5.69 Å². The predicted octanol–water partition coefficient (Wildman–Crippen LogP) is 4.26. The summed E-state index contributed by atoms with van der Waals surface area (Å²) in [5.74, 6) is 1.46. The van der Waals surface area contributed by atoms with Crippen LogP contribution in [0.1, 0.15) is 17.0 Å². The highest BCUT2D eigenvalue weighted by Crippen LogP contribution is 2.24. The van der Waals surface area contributed by atoms with Crippen LogP contribution in [-0.4, -0.2) is 19.7 Å². The molecular weight excluding hydrogens is 348 g/mol. The first-order valence-corrected chi connectivity index (χ1v) is 9.09. The van der Waals surface area contributed by atoms with E-state index in [-0.39, 0.29) is 10.6 Å². The molecule has 0 saturated heterocycles. The van der Waals surface area contributed by atoms with E-state index in [9.17, 15) is 10.1 Å². The molecule has 3 rings (SSSR count). The number of nitro groups is 1. The molecule has 7 heteroatoms. The van der Waals surface area contributed by atoms with Gasteiger partial charge in [-0.2, -0.15) is 0 Å². The second-order valence-corrected chi connectivity index (χ2v) is 6.62. The third-order valence-corrected chi connectivity index (χ3v) is 4.84. The van der Waals surface area contributed by atoms with Crippen molar-refractivity contribution in [1.82, 2.24) is 14.8 Å². The van der Waals surface area contributed by atoms with Crippen LogP contribution in [0, 0.1) is 10.1 Å². The van der Waals surface area contributed by atoms with Crippen molar-refractivity contribution in [2.45, 2.75) is 23.9 Å². The van der Waals surface area contributed by atoms with Crippen molar-refractivity contribution in [2.75, 3.05) is 0 Å². The Morgan fingerprint density at radius 2 is 1.88 bits per heavy atom. The van der Waals surface area contributed by atoms with Gasteiger partial charge in [0.1, 0.15) is 5.82 Å². The lowest BCUT2D eigenvalue weighted by Gasteiger charge is -2.08. The third-order valence-electron chi connectivity index (χ3n) is 3.80. The van der Waals surface area contributed by atoms with E-state index in [4.69, 9.17) is 0 Å². The van der Waals surface area contributed by atoms with Gasteiger partial charge in [-0.3, -0.25) is 10.1 Å². The lowest BCUT2D eigenvalue weighted by Crippen LogP contribution is -2.04. The number of nitro benzene ring substituents is 1. The number of rotatable bonds is 8. The van der Waals surface area contributed by atoms with Crippen LogP contribution in [0.15, 0.2) is 72.4 Å². The van der Waals surface area contributed by atoms with Gasteiger partial charge in [0, 0.05) is 30.9 Å². The standard InChI is InChI=1S/C19H18N4O2S/c1-2-11-22-18(13-15-7-4-3-5-8-15)20-21-19(22)26-14-16-9-6-10-17(12-16)23(24)25/h2-10,12H,1,11,13-14H2. The van der Waals surface area contributed by atoms with Gasteiger partial charge in [0.2, 0.25) is 0 Å². The van der Waals surface area contributed by atoms with E-state index in [2.05, 4.69) is 28.9 Å². The number of benzene rings is 2. The number of hydrogen-bond donors (Lipinski definition) is 0. The van der Waals surface area contributed by atoms with Crippen molar-refractivity contribution in [3.63, 3.8) is 0 Å². The van der Waals surface area contributed by atoms with Crippen molar-refractivity contribution in [3.05, 3.63) is 94.3 Å². The highest BCUT2D eigenvalue weighted by Gasteiger charge is 2.13. The maximum atomic E-state index is 10.9. The summed E-state index contributed by atoms with van der Waals surface area (Å²) >= 11 is 1.51. The molecular formula is C19H18N4O2S. The minimum Gasteiger partial charge on any atom is -0.302 e. The van der Waals surface area contributed by atoms with Crippen LogP contribution in [0.3, 0.4) is 0 Å². The fourth-order valence-corrected chi connectivity index (χ4v) is 3.46. The van der Waals surface area contributed by atoms with E-state index >= 15 is 0 Å². The number of allylic oxidation sites excluding steroid dienone is 1. The van der Waals surface area contributed by atoms with Crippen molar-refractivity contribution < 1.29 is 4.92 Å². The maximum absolute atomic E-state index is 10.9. The molecule has 0 aliphatic rings. The maximum Gasteiger partial charge on any atom is 0.269 e. The second-order valence-electron chi connectivity index (χ2n) is 5.68. The lowest BCUT2D eigenvalue weighted by molar-refractivity contribution is -0.384. The highest BCUT2D eigenvalue weighted by atomic mass is 32.2. The van der Waals surface area contributed by atoms with Gasteiger partial charge < -0.3 is 4.57 Å². The first kappa shape index (κ1) is 17.9. The van der Waals surface area contributed by atoms with E-state index in [1.54, 1.807) is 12.1 Å². The minimum absolute atomic E-state index is 0.0976. The average molecular weight is 366 g/mol. The second kappa shape index (κ2) is 8.44. The van der Waals surface area contributed by atoms with Gasteiger partial charge in [-0.15, -0.1) is 16.8 Å². The molecule has 3 aromatic rings. The summed E-state index contributed by atoms with van der Waals surface area (Å²) in [7, 11) is 0. The van der Waals surface area contributed by atoms with Gasteiger partial charge in [-0.25, -0.2) is 0 Å². The van der Waals surface area contributed by atoms with Gasteiger partial charge in [0.05, 0.1) is 4.92 Å². The Morgan fingerprint density at radius 3 is 2.62 bits per heavy atom. The normalized spacial score (nSPS) is 10.6. The molecule has 1 aromatic heterocycles. The molecule has 0 N–H and O–H groups in total. The highest BCUT2D eigenvalue weighted by molar-refractivity contribution is 7.98. The summed E-state index contributed by atoms with van der Waals surface area (Å²) in [6.07, 6.45) is 2.51. The van der Waals surface area contributed by atoms with Crippen molar-refractivity contribution >= 4 is 17.4 Å². The number of nitrogens with zero attached hydrogens (tertiary/aromatic N) is 4. The summed E-state index contributed by atoms with van der Waals surface area (Å²) in [5.41, 5.74) is 2.14. The molecule has 26 heavy (non-hydrogen) atoms. The van der Waals surface area contributed by atoms with E-state index < -0.39 is 0 Å². The van der Waals surface area contributed by atoms with Crippen LogP contribution in [0.2, 0.25) is 0 Å². The quantitative estimate of drug-likeness (QED) is 0.258. The minimum atomic E-state index is -0.383. The van der Waals surface area contributed by atoms with Crippen molar-refractivity contribution in [2.24, 2.45) is 0 Å². The molecule has 0 fully saturated rings. The number of non-ortho nitro benzene ring substituents is 1. The molecule has 0 saturated carbocycles. The molecule has 0 aliphatic carbocycles. The van der Waals surface area contributed by atoms with Gasteiger partial charge in [0.15, 0.2) is 5.16 Å². The van der Waals surface area contributed by atoms with Crippen molar-refractivity contribution in [1.29, 1.82) is 0 Å². The topological polar surface area (TPSA) is 73.8 Å². The van der Waals surface area contributed by atoms with Gasteiger partial charge in [-0.05, 0) is 11.1 Å². The Balaban J connectivity index is 1.76. The Hall–Kier alpha value is -2.93. The molecule has 0 amide bonds. The molecule has 1 heterocycles. The van der Waals surface area contributed by atoms with Crippen LogP contribution in [0.5, 0.6) is 0 Å². The van der Waals surface area contributed by atoms with Crippen LogP contribution < -0.4 is 0 Å². The smallest absolute Gasteiger partial charge is 0.269 e. The van der Waals surface area contributed by atoms with Crippen LogP contribution >= 0.6 is 11.8 Å². The molecule has 0 atom stereocenters. The first-order chi connectivity index (χ1) is 12.7. The van der Waals surface area contributed by atoms with Crippen molar-refractivity contribution in [3.8, 4) is 0 Å². The molecule has 0 bridgehead atoms. The number of aromatic nitrogens is 3. The number of hydrogen-bond acceptors (Lipinski definition) is 5. The largest absolute Gasteiger partial charge is 0.302 e. The SMILES string of the molecule is C=CCn1c(Cc2ccccc2)nnc1SCc1cccc([N+](=O)[O-])c1. The Kier molecular flexibility index (Phi) is 5.80. The Bertz CT molecular complexity index is 909. The van der Waals surface area contributed by atoms with Gasteiger partial charge in [0.25, 0.3) is 5.69 Å². The zero-order valence-electron chi connectivity index (χ0n) is 14.1. The van der Waals surface area contributed by atoms with E-state index in [0.717, 1.165) is 16.5 Å². The predicted molar refractivity (Wildman–Crippen MR) is 102 cm³/mol. The summed E-state index contributed by atoms with van der Waals surface area (Å²) < 4.78 is 2.03. The molecule has 6 nitrogen and oxygen atoms in total. The average Bonchev–Trinajstić information content (AvgIpc) is 3.03. The fraction of sp³-hybridized carbons (Fsp3) is 0.158. The fourth-order valence-electron chi connectivity index (χ4n) is 2.56. The Morgan fingerprint density at radius 1 is 1.12 bits per heavy atom. The summed E-state index contributed by atoms with van der Waals surface area (Å²) in [5, 5.41) is 20.3. The summed E-state index contributed by atoms with van der Waals surface area (Å²) in [6.45, 7) is 4.43. The molecule has 132 valence electrons. The Labute approximate surface area is 155 Å². The number of thioether (sulfide) groups is 1. The molecule has 2 aromatic carbocycles. The van der Waals surface area contributed by atoms with Gasteiger partial charge >= 0.3 is 0 Å². The van der Waals surface area contributed by atoms with E-state index in [1.807, 2.05) is 34.9 Å². The monoisotopic (exact) mass is 366 g/mol. The lowest BCUT2D eigenvalue weighted by atomic mass is 10.1. The summed E-state index contributed by atoms with van der Waals surface area (Å²) in [4.78, 5) is 10.5. The molecule has 0 aliphatic heterocycles. The molecule has 0 radical (unpaired) electrons. The van der Waals surface area contributed by atoms with E-state index in [1.165, 1.54) is 23.4 Å². The first-order valence-electron chi connectivity index (χ1n) is 8.10. The zero-order valence-corrected chi connectivity index (χ0v) is 14.9. The van der Waals surface area contributed by atoms with Crippen LogP contribution in [-0.2, 0) is 18.7 Å². The van der Waals surface area contributed by atoms with Gasteiger partial charge in [-0.1, -0.05) is 60.3 Å². The summed E-state index contributed by atoms with van der Waals surface area (Å²) in [6, 6.07) is 16.8.